The van der Waals surface area contributed by atoms with Crippen molar-refractivity contribution in [3.05, 3.63) is 77.8 Å². The van der Waals surface area contributed by atoms with Gasteiger partial charge in [0, 0.05) is 30.7 Å². The molecule has 1 aliphatic heterocycles. The number of likely N-dealkylation sites (tertiary alicyclic amines) is 1. The van der Waals surface area contributed by atoms with Gasteiger partial charge in [0.25, 0.3) is 0 Å². The highest BCUT2D eigenvalue weighted by atomic mass is 16.6. The summed E-state index contributed by atoms with van der Waals surface area (Å²) in [6, 6.07) is 13.2. The minimum atomic E-state index is -1.97. The van der Waals surface area contributed by atoms with E-state index in [1.807, 2.05) is 42.5 Å². The number of amides is 1. The Kier molecular flexibility index (Phi) is 6.27. The second-order valence-corrected chi connectivity index (χ2v) is 8.52. The van der Waals surface area contributed by atoms with Gasteiger partial charge < -0.3 is 25.4 Å². The Balaban J connectivity index is 1.59. The first kappa shape index (κ1) is 22.6. The molecule has 0 saturated carbocycles. The first-order valence-corrected chi connectivity index (χ1v) is 10.8. The van der Waals surface area contributed by atoms with Gasteiger partial charge in [0.05, 0.1) is 11.5 Å². The number of allylic oxidation sites excluding steroid dienone is 3. The van der Waals surface area contributed by atoms with Gasteiger partial charge in [-0.2, -0.15) is 10.4 Å². The lowest BCUT2D eigenvalue weighted by Gasteiger charge is -2.44. The molecule has 1 amide bonds. The Hall–Kier alpha value is -3.55. The molecule has 1 aromatic carbocycles. The summed E-state index contributed by atoms with van der Waals surface area (Å²) in [6.07, 6.45) is 7.68. The number of hydrogen-bond donors (Lipinski definition) is 4. The zero-order valence-electron chi connectivity index (χ0n) is 18.1. The minimum Gasteiger partial charge on any atom is -0.445 e. The van der Waals surface area contributed by atoms with E-state index in [9.17, 15) is 20.1 Å². The van der Waals surface area contributed by atoms with Crippen LogP contribution in [0.5, 0.6) is 0 Å². The molecule has 2 aliphatic rings. The van der Waals surface area contributed by atoms with Gasteiger partial charge in [-0.15, -0.1) is 0 Å². The van der Waals surface area contributed by atoms with Crippen molar-refractivity contribution in [2.24, 2.45) is 11.7 Å². The first-order valence-electron chi connectivity index (χ1n) is 10.8. The number of piperidine rings is 1. The van der Waals surface area contributed by atoms with Crippen LogP contribution in [0.4, 0.5) is 4.79 Å². The van der Waals surface area contributed by atoms with E-state index in [-0.39, 0.29) is 18.2 Å². The third kappa shape index (κ3) is 4.13. The summed E-state index contributed by atoms with van der Waals surface area (Å²) in [5, 5.41) is 34.7. The fraction of sp³-hybridized carbons (Fsp3) is 0.348. The highest BCUT2D eigenvalue weighted by molar-refractivity contribution is 6.49. The molecular weight excluding hydrogens is 421 g/mol. The average molecular weight is 447 g/mol. The van der Waals surface area contributed by atoms with Crippen LogP contribution < -0.4 is 5.73 Å². The second-order valence-electron chi connectivity index (χ2n) is 8.52. The topological polar surface area (TPSA) is 148 Å². The standard InChI is InChI=1S/C23H26BN5O4/c25-16-23(24(31)32)10-9-22(13-19(23)26,20-8-11-27-28-20)18-7-4-12-29(14-18)21(30)33-15-17-5-2-1-3-6-17/h1-3,5-6,8-11,13,18,31-32H,4,7,12,14-15,26H2,(H,27,28). The van der Waals surface area contributed by atoms with E-state index in [2.05, 4.69) is 10.2 Å². The summed E-state index contributed by atoms with van der Waals surface area (Å²) >= 11 is 0. The summed E-state index contributed by atoms with van der Waals surface area (Å²) in [5.74, 6) is -0.0988. The quantitative estimate of drug-likeness (QED) is 0.404. The van der Waals surface area contributed by atoms with Gasteiger partial charge in [0.2, 0.25) is 0 Å². The number of nitrogens with one attached hydrogen (secondary N) is 1. The molecule has 1 aliphatic carbocycles. The Morgan fingerprint density at radius 1 is 1.33 bits per heavy atom. The van der Waals surface area contributed by atoms with Crippen LogP contribution in [0, 0.1) is 17.2 Å². The van der Waals surface area contributed by atoms with Crippen LogP contribution in [0.3, 0.4) is 0 Å². The zero-order valence-corrected chi connectivity index (χ0v) is 18.1. The predicted octanol–water partition coefficient (Wildman–Crippen LogP) is 1.85. The molecule has 4 rings (SSSR count). The molecule has 0 spiro atoms. The van der Waals surface area contributed by atoms with Crippen LogP contribution in [0.1, 0.15) is 24.1 Å². The monoisotopic (exact) mass is 447 g/mol. The van der Waals surface area contributed by atoms with Crippen LogP contribution in [0.25, 0.3) is 0 Å². The van der Waals surface area contributed by atoms with E-state index in [1.54, 1.807) is 23.2 Å². The van der Waals surface area contributed by atoms with Gasteiger partial charge in [-0.05, 0) is 36.5 Å². The largest absolute Gasteiger partial charge is 0.483 e. The first-order chi connectivity index (χ1) is 15.9. The lowest BCUT2D eigenvalue weighted by atomic mass is 9.52. The third-order valence-corrected chi connectivity index (χ3v) is 6.61. The molecule has 3 atom stereocenters. The molecule has 5 N–H and O–H groups in total. The summed E-state index contributed by atoms with van der Waals surface area (Å²) in [7, 11) is -1.97. The maximum absolute atomic E-state index is 12.8. The maximum Gasteiger partial charge on any atom is 0.483 e. The molecule has 9 nitrogen and oxygen atoms in total. The molecule has 1 saturated heterocycles. The van der Waals surface area contributed by atoms with Gasteiger partial charge in [0.15, 0.2) is 0 Å². The Labute approximate surface area is 192 Å². The number of rotatable bonds is 5. The molecule has 2 heterocycles. The number of H-pyrrole nitrogens is 1. The number of nitriles is 1. The number of ether oxygens (including phenoxy) is 1. The summed E-state index contributed by atoms with van der Waals surface area (Å²) in [6.45, 7) is 1.17. The number of carbonyl (C=O) groups excluding carboxylic acids is 1. The van der Waals surface area contributed by atoms with Crippen molar-refractivity contribution in [1.29, 1.82) is 5.26 Å². The zero-order chi connectivity index (χ0) is 23.5. The SMILES string of the molecule is N#CC1(B(O)O)C=CC(c2ccn[nH]2)(C2CCCN(C(=O)OCc3ccccc3)C2)C=C1N. The molecule has 0 bridgehead atoms. The van der Waals surface area contributed by atoms with E-state index >= 15 is 0 Å². The average Bonchev–Trinajstić information content (AvgIpc) is 3.39. The van der Waals surface area contributed by atoms with Crippen LogP contribution >= 0.6 is 0 Å². The van der Waals surface area contributed by atoms with Crippen LogP contribution in [-0.4, -0.2) is 51.4 Å². The lowest BCUT2D eigenvalue weighted by Crippen LogP contribution is -2.49. The van der Waals surface area contributed by atoms with Crippen LogP contribution in [0.15, 0.2) is 66.5 Å². The predicted molar refractivity (Wildman–Crippen MR) is 121 cm³/mol. The molecule has 33 heavy (non-hydrogen) atoms. The van der Waals surface area contributed by atoms with Gasteiger partial charge in [0.1, 0.15) is 11.9 Å². The van der Waals surface area contributed by atoms with Gasteiger partial charge in [-0.1, -0.05) is 42.5 Å². The Morgan fingerprint density at radius 2 is 2.12 bits per heavy atom. The number of nitrogens with zero attached hydrogens (tertiary/aromatic N) is 3. The Morgan fingerprint density at radius 3 is 2.76 bits per heavy atom. The lowest BCUT2D eigenvalue weighted by molar-refractivity contribution is 0.0727. The van der Waals surface area contributed by atoms with Crippen molar-refractivity contribution in [3.8, 4) is 6.07 Å². The number of nitrogens with two attached hydrogens (primary N) is 1. The van der Waals surface area contributed by atoms with Gasteiger partial charge in [-0.25, -0.2) is 4.79 Å². The molecule has 3 unspecified atom stereocenters. The van der Waals surface area contributed by atoms with Crippen molar-refractivity contribution >= 4 is 13.2 Å². The van der Waals surface area contributed by atoms with Crippen LogP contribution in [0.2, 0.25) is 5.31 Å². The number of carbonyl (C=O) groups is 1. The molecular formula is C23H26BN5O4. The van der Waals surface area contributed by atoms with E-state index in [1.165, 1.54) is 6.08 Å². The molecule has 1 aromatic heterocycles. The fourth-order valence-corrected chi connectivity index (χ4v) is 4.67. The van der Waals surface area contributed by atoms with Crippen molar-refractivity contribution in [2.45, 2.75) is 30.2 Å². The fourth-order valence-electron chi connectivity index (χ4n) is 4.67. The second kappa shape index (κ2) is 9.14. The summed E-state index contributed by atoms with van der Waals surface area (Å²) in [5.41, 5.74) is 7.15. The number of aromatic nitrogens is 2. The van der Waals surface area contributed by atoms with E-state index in [0.29, 0.717) is 13.1 Å². The number of hydrogen-bond acceptors (Lipinski definition) is 7. The smallest absolute Gasteiger partial charge is 0.445 e. The summed E-state index contributed by atoms with van der Waals surface area (Å²) < 4.78 is 5.53. The van der Waals surface area contributed by atoms with Crippen LogP contribution in [-0.2, 0) is 16.8 Å². The number of benzene rings is 1. The molecule has 0 radical (unpaired) electrons. The molecule has 10 heteroatoms. The van der Waals surface area contributed by atoms with E-state index < -0.39 is 23.9 Å². The molecule has 1 fully saturated rings. The van der Waals surface area contributed by atoms with Crippen molar-refractivity contribution in [2.75, 3.05) is 13.1 Å². The van der Waals surface area contributed by atoms with Crippen molar-refractivity contribution in [3.63, 3.8) is 0 Å². The van der Waals surface area contributed by atoms with Gasteiger partial charge >= 0.3 is 13.2 Å². The Bertz CT molecular complexity index is 1080. The molecule has 170 valence electrons. The van der Waals surface area contributed by atoms with E-state index in [4.69, 9.17) is 10.5 Å². The summed E-state index contributed by atoms with van der Waals surface area (Å²) in [4.78, 5) is 14.5. The van der Waals surface area contributed by atoms with Crippen molar-refractivity contribution < 1.29 is 19.6 Å². The highest BCUT2D eigenvalue weighted by Gasteiger charge is 2.51. The van der Waals surface area contributed by atoms with Gasteiger partial charge in [-0.3, -0.25) is 5.10 Å². The van der Waals surface area contributed by atoms with Crippen molar-refractivity contribution in [1.82, 2.24) is 15.1 Å². The highest BCUT2D eigenvalue weighted by Crippen LogP contribution is 2.48. The van der Waals surface area contributed by atoms with E-state index in [0.717, 1.165) is 24.1 Å². The third-order valence-electron chi connectivity index (χ3n) is 6.61. The normalized spacial score (nSPS) is 26.9. The minimum absolute atomic E-state index is 0.0425. The maximum atomic E-state index is 12.8. The molecule has 2 aromatic rings. The number of aromatic amines is 1.